The highest BCUT2D eigenvalue weighted by molar-refractivity contribution is 6.39. The quantitative estimate of drug-likeness (QED) is 0.499. The number of benzene rings is 1. The van der Waals surface area contributed by atoms with Crippen LogP contribution in [0.5, 0.6) is 0 Å². The van der Waals surface area contributed by atoms with Crippen LogP contribution >= 0.6 is 23.2 Å². The van der Waals surface area contributed by atoms with Crippen molar-refractivity contribution in [1.29, 1.82) is 5.26 Å². The lowest BCUT2D eigenvalue weighted by molar-refractivity contribution is 0.0520. The van der Waals surface area contributed by atoms with Gasteiger partial charge in [0.2, 0.25) is 0 Å². The number of nitrogens with zero attached hydrogens (tertiary/aromatic N) is 2. The molecule has 0 unspecified atom stereocenters. The number of nitrogens with one attached hydrogen (secondary N) is 1. The Morgan fingerprint density at radius 2 is 2.19 bits per heavy atom. The minimum atomic E-state index is -0.541. The van der Waals surface area contributed by atoms with Gasteiger partial charge in [-0.15, -0.1) is 0 Å². The number of fused-ring (bicyclic) bond motifs is 1. The van der Waals surface area contributed by atoms with Crippen molar-refractivity contribution in [3.05, 3.63) is 63.5 Å². The molecule has 130 valence electrons. The fourth-order valence-electron chi connectivity index (χ4n) is 2.61. The molecular weight excluding hydrogens is 373 g/mol. The maximum atomic E-state index is 12.4. The molecular formula is C19H13Cl2N3O2. The Morgan fingerprint density at radius 1 is 1.38 bits per heavy atom. The molecule has 0 aliphatic carbocycles. The number of allylic oxidation sites excluding steroid dienone is 1. The predicted octanol–water partition coefficient (Wildman–Crippen LogP) is 5.11. The molecule has 2 aromatic heterocycles. The van der Waals surface area contributed by atoms with Crippen LogP contribution in [-0.4, -0.2) is 22.5 Å². The second-order valence-corrected chi connectivity index (χ2v) is 6.17. The third-order valence-electron chi connectivity index (χ3n) is 3.68. The van der Waals surface area contributed by atoms with Crippen LogP contribution in [0.25, 0.3) is 22.6 Å². The van der Waals surface area contributed by atoms with Gasteiger partial charge in [-0.25, -0.2) is 4.79 Å². The van der Waals surface area contributed by atoms with E-state index < -0.39 is 5.97 Å². The predicted molar refractivity (Wildman–Crippen MR) is 102 cm³/mol. The van der Waals surface area contributed by atoms with Gasteiger partial charge in [0.15, 0.2) is 0 Å². The number of carbonyl (C=O) groups excluding carboxylic acids is 1. The highest BCUT2D eigenvalue weighted by Gasteiger charge is 2.21. The van der Waals surface area contributed by atoms with E-state index in [1.165, 1.54) is 0 Å². The lowest BCUT2D eigenvalue weighted by Gasteiger charge is -2.03. The number of rotatable bonds is 4. The molecule has 2 heterocycles. The second-order valence-electron chi connectivity index (χ2n) is 5.33. The van der Waals surface area contributed by atoms with E-state index in [9.17, 15) is 10.1 Å². The lowest BCUT2D eigenvalue weighted by Crippen LogP contribution is -2.06. The zero-order valence-electron chi connectivity index (χ0n) is 13.7. The van der Waals surface area contributed by atoms with Gasteiger partial charge in [0.05, 0.1) is 22.9 Å². The zero-order valence-corrected chi connectivity index (χ0v) is 15.2. The number of nitriles is 1. The van der Waals surface area contributed by atoms with Gasteiger partial charge in [-0.3, -0.25) is 4.98 Å². The minimum absolute atomic E-state index is 0.203. The van der Waals surface area contributed by atoms with Crippen LogP contribution in [-0.2, 0) is 4.74 Å². The third-order valence-corrected chi connectivity index (χ3v) is 4.20. The molecule has 0 spiro atoms. The monoisotopic (exact) mass is 385 g/mol. The Bertz CT molecular complexity index is 1050. The SMILES string of the molecule is CCOC(=O)c1[nH]c2cc(Cl)cc(Cl)c2c1/C=C(\C#N)c1ccccn1. The average Bonchev–Trinajstić information content (AvgIpc) is 2.99. The Kier molecular flexibility index (Phi) is 5.27. The number of pyridine rings is 1. The number of hydrogen-bond acceptors (Lipinski definition) is 4. The van der Waals surface area contributed by atoms with E-state index in [1.54, 1.807) is 49.5 Å². The van der Waals surface area contributed by atoms with Crippen LogP contribution < -0.4 is 0 Å². The number of H-pyrrole nitrogens is 1. The van der Waals surface area contributed by atoms with Crippen LogP contribution in [0.3, 0.4) is 0 Å². The first-order valence-corrected chi connectivity index (χ1v) is 8.51. The van der Waals surface area contributed by atoms with Gasteiger partial charge in [0.1, 0.15) is 11.8 Å². The van der Waals surface area contributed by atoms with E-state index in [4.69, 9.17) is 27.9 Å². The van der Waals surface area contributed by atoms with E-state index in [-0.39, 0.29) is 12.3 Å². The molecule has 3 rings (SSSR count). The smallest absolute Gasteiger partial charge is 0.355 e. The van der Waals surface area contributed by atoms with Crippen LogP contribution in [0.2, 0.25) is 10.0 Å². The first kappa shape index (κ1) is 18.0. The van der Waals surface area contributed by atoms with E-state index >= 15 is 0 Å². The van der Waals surface area contributed by atoms with Crippen molar-refractivity contribution in [1.82, 2.24) is 9.97 Å². The zero-order chi connectivity index (χ0) is 18.7. The van der Waals surface area contributed by atoms with Crippen molar-refractivity contribution in [3.63, 3.8) is 0 Å². The van der Waals surface area contributed by atoms with E-state index in [0.717, 1.165) is 0 Å². The Labute approximate surface area is 159 Å². The fraction of sp³-hybridized carbons (Fsp3) is 0.105. The normalized spacial score (nSPS) is 11.4. The van der Waals surface area contributed by atoms with Crippen LogP contribution in [0.4, 0.5) is 0 Å². The maximum absolute atomic E-state index is 12.4. The van der Waals surface area contributed by atoms with Crippen LogP contribution in [0, 0.1) is 11.3 Å². The molecule has 0 saturated carbocycles. The molecule has 7 heteroatoms. The standard InChI is InChI=1S/C19H13Cl2N3O2/c1-2-26-19(25)18-13(7-11(10-22)15-5-3-4-6-23-15)17-14(21)8-12(20)9-16(17)24-18/h3-9,24H,2H2,1H3/b11-7+. The van der Waals surface area contributed by atoms with E-state index in [0.29, 0.717) is 37.8 Å². The average molecular weight is 386 g/mol. The summed E-state index contributed by atoms with van der Waals surface area (Å²) < 4.78 is 5.12. The number of carbonyl (C=O) groups is 1. The van der Waals surface area contributed by atoms with Crippen molar-refractivity contribution in [3.8, 4) is 6.07 Å². The summed E-state index contributed by atoms with van der Waals surface area (Å²) in [6.45, 7) is 1.94. The van der Waals surface area contributed by atoms with Crippen molar-refractivity contribution < 1.29 is 9.53 Å². The minimum Gasteiger partial charge on any atom is -0.461 e. The van der Waals surface area contributed by atoms with E-state index in [1.807, 2.05) is 0 Å². The largest absolute Gasteiger partial charge is 0.461 e. The number of aromatic nitrogens is 2. The van der Waals surface area contributed by atoms with Crippen molar-refractivity contribution in [2.24, 2.45) is 0 Å². The molecule has 0 bridgehead atoms. The molecule has 1 aromatic carbocycles. The van der Waals surface area contributed by atoms with Gasteiger partial charge >= 0.3 is 5.97 Å². The number of esters is 1. The number of halogens is 2. The first-order valence-electron chi connectivity index (χ1n) is 7.76. The highest BCUT2D eigenvalue weighted by Crippen LogP contribution is 2.35. The molecule has 0 radical (unpaired) electrons. The third kappa shape index (κ3) is 3.43. The van der Waals surface area contributed by atoms with E-state index in [2.05, 4.69) is 16.0 Å². The summed E-state index contributed by atoms with van der Waals surface area (Å²) in [6, 6.07) is 10.6. The summed E-state index contributed by atoms with van der Waals surface area (Å²) in [5.74, 6) is -0.541. The number of hydrogen-bond donors (Lipinski definition) is 1. The molecule has 0 amide bonds. The highest BCUT2D eigenvalue weighted by atomic mass is 35.5. The Balaban J connectivity index is 2.29. The first-order chi connectivity index (χ1) is 12.5. The van der Waals surface area contributed by atoms with Crippen LogP contribution in [0.15, 0.2) is 36.5 Å². The summed E-state index contributed by atoms with van der Waals surface area (Å²) in [6.07, 6.45) is 3.17. The van der Waals surface area contributed by atoms with Gasteiger partial charge in [-0.1, -0.05) is 29.3 Å². The molecule has 26 heavy (non-hydrogen) atoms. The molecule has 0 atom stereocenters. The maximum Gasteiger partial charge on any atom is 0.355 e. The summed E-state index contributed by atoms with van der Waals surface area (Å²) in [4.78, 5) is 19.6. The molecule has 0 aliphatic heterocycles. The molecule has 1 N–H and O–H groups in total. The topological polar surface area (TPSA) is 78.8 Å². The van der Waals surface area contributed by atoms with Crippen molar-refractivity contribution >= 4 is 51.7 Å². The summed E-state index contributed by atoms with van der Waals surface area (Å²) in [5.41, 5.74) is 2.03. The van der Waals surface area contributed by atoms with Gasteiger partial charge < -0.3 is 9.72 Å². The van der Waals surface area contributed by atoms with Crippen molar-refractivity contribution in [2.45, 2.75) is 6.92 Å². The van der Waals surface area contributed by atoms with Crippen molar-refractivity contribution in [2.75, 3.05) is 6.61 Å². The van der Waals surface area contributed by atoms with Gasteiger partial charge in [-0.2, -0.15) is 5.26 Å². The summed E-state index contributed by atoms with van der Waals surface area (Å²) in [5, 5.41) is 10.9. The molecule has 0 aliphatic rings. The fourth-order valence-corrected chi connectivity index (χ4v) is 3.21. The number of aromatic amines is 1. The van der Waals surface area contributed by atoms with Crippen LogP contribution in [0.1, 0.15) is 28.7 Å². The molecule has 0 saturated heterocycles. The summed E-state index contributed by atoms with van der Waals surface area (Å²) >= 11 is 12.4. The molecule has 3 aromatic rings. The Morgan fingerprint density at radius 3 is 2.85 bits per heavy atom. The lowest BCUT2D eigenvalue weighted by atomic mass is 10.0. The second kappa shape index (κ2) is 7.61. The number of ether oxygens (including phenoxy) is 1. The molecule has 5 nitrogen and oxygen atoms in total. The molecule has 0 fully saturated rings. The van der Waals surface area contributed by atoms with Gasteiger partial charge in [0, 0.05) is 27.7 Å². The Hall–Kier alpha value is -2.81. The van der Waals surface area contributed by atoms with Gasteiger partial charge in [0.25, 0.3) is 0 Å². The summed E-state index contributed by atoms with van der Waals surface area (Å²) in [7, 11) is 0. The van der Waals surface area contributed by atoms with Gasteiger partial charge in [-0.05, 0) is 37.3 Å².